The largest absolute Gasteiger partial charge is 0.381 e. The second kappa shape index (κ2) is 5.11. The molecule has 0 saturated heterocycles. The van der Waals surface area contributed by atoms with E-state index in [4.69, 9.17) is 0 Å². The SMILES string of the molecule is CC(O)(c1cc(Br)ccc1F)c1ccccc1Br. The lowest BCUT2D eigenvalue weighted by Crippen LogP contribution is -2.24. The highest BCUT2D eigenvalue weighted by Gasteiger charge is 2.30. The normalized spacial score (nSPS) is 14.3. The number of aliphatic hydroxyl groups is 1. The van der Waals surface area contributed by atoms with E-state index >= 15 is 0 Å². The van der Waals surface area contributed by atoms with E-state index in [2.05, 4.69) is 31.9 Å². The fraction of sp³-hybridized carbons (Fsp3) is 0.143. The first-order valence-electron chi connectivity index (χ1n) is 5.36. The van der Waals surface area contributed by atoms with Gasteiger partial charge in [0.2, 0.25) is 0 Å². The molecule has 0 bridgehead atoms. The maximum atomic E-state index is 13.9. The molecule has 1 unspecified atom stereocenters. The summed E-state index contributed by atoms with van der Waals surface area (Å²) >= 11 is 6.67. The van der Waals surface area contributed by atoms with Gasteiger partial charge in [-0.1, -0.05) is 50.1 Å². The topological polar surface area (TPSA) is 20.2 Å². The molecule has 0 radical (unpaired) electrons. The van der Waals surface area contributed by atoms with Crippen molar-refractivity contribution in [2.45, 2.75) is 12.5 Å². The molecule has 94 valence electrons. The summed E-state index contributed by atoms with van der Waals surface area (Å²) < 4.78 is 15.4. The maximum absolute atomic E-state index is 13.9. The average Bonchev–Trinajstić information content (AvgIpc) is 2.32. The van der Waals surface area contributed by atoms with Crippen LogP contribution in [0.2, 0.25) is 0 Å². The van der Waals surface area contributed by atoms with Crippen molar-refractivity contribution >= 4 is 31.9 Å². The second-order valence-electron chi connectivity index (χ2n) is 4.18. The van der Waals surface area contributed by atoms with Crippen LogP contribution in [0.5, 0.6) is 0 Å². The van der Waals surface area contributed by atoms with Crippen molar-refractivity contribution in [1.82, 2.24) is 0 Å². The van der Waals surface area contributed by atoms with Crippen LogP contribution in [0.3, 0.4) is 0 Å². The van der Waals surface area contributed by atoms with Gasteiger partial charge in [0.1, 0.15) is 11.4 Å². The summed E-state index contributed by atoms with van der Waals surface area (Å²) in [5.74, 6) is -0.432. The standard InChI is InChI=1S/C14H11Br2FO/c1-14(18,10-4-2-3-5-12(10)16)11-8-9(15)6-7-13(11)17/h2-8,18H,1H3. The Morgan fingerprint density at radius 2 is 1.72 bits per heavy atom. The molecule has 4 heteroatoms. The van der Waals surface area contributed by atoms with Gasteiger partial charge in [0.05, 0.1) is 0 Å². The van der Waals surface area contributed by atoms with E-state index in [0.717, 1.165) is 8.95 Å². The molecule has 1 nitrogen and oxygen atoms in total. The summed E-state index contributed by atoms with van der Waals surface area (Å²) in [5, 5.41) is 10.7. The maximum Gasteiger partial charge on any atom is 0.129 e. The summed E-state index contributed by atoms with van der Waals surface area (Å²) in [4.78, 5) is 0. The molecule has 0 saturated carbocycles. The van der Waals surface area contributed by atoms with Crippen molar-refractivity contribution < 1.29 is 9.50 Å². The smallest absolute Gasteiger partial charge is 0.129 e. The molecule has 0 aliphatic heterocycles. The first kappa shape index (κ1) is 13.7. The Balaban J connectivity index is 2.61. The molecular weight excluding hydrogens is 363 g/mol. The summed E-state index contributed by atoms with van der Waals surface area (Å²) in [5.41, 5.74) is -0.528. The molecule has 18 heavy (non-hydrogen) atoms. The zero-order valence-electron chi connectivity index (χ0n) is 9.62. The lowest BCUT2D eigenvalue weighted by Gasteiger charge is -2.26. The van der Waals surface area contributed by atoms with Gasteiger partial charge in [0.15, 0.2) is 0 Å². The lowest BCUT2D eigenvalue weighted by molar-refractivity contribution is 0.0971. The molecule has 1 N–H and O–H groups in total. The zero-order valence-corrected chi connectivity index (χ0v) is 12.8. The van der Waals surface area contributed by atoms with Crippen molar-refractivity contribution in [3.63, 3.8) is 0 Å². The van der Waals surface area contributed by atoms with Gasteiger partial charge in [0.25, 0.3) is 0 Å². The third kappa shape index (κ3) is 2.51. The zero-order chi connectivity index (χ0) is 13.3. The van der Waals surface area contributed by atoms with Gasteiger partial charge in [-0.15, -0.1) is 0 Å². The van der Waals surface area contributed by atoms with Gasteiger partial charge in [-0.05, 0) is 31.2 Å². The van der Waals surface area contributed by atoms with Crippen LogP contribution in [0.1, 0.15) is 18.1 Å². The summed E-state index contributed by atoms with van der Waals surface area (Å²) in [6, 6.07) is 11.8. The molecule has 0 amide bonds. The molecule has 2 aromatic carbocycles. The Hall–Kier alpha value is -0.710. The molecule has 0 fully saturated rings. The summed E-state index contributed by atoms with van der Waals surface area (Å²) in [6.45, 7) is 1.58. The van der Waals surface area contributed by atoms with Gasteiger partial charge in [-0.25, -0.2) is 4.39 Å². The van der Waals surface area contributed by atoms with Crippen LogP contribution in [0, 0.1) is 5.82 Å². The number of benzene rings is 2. The summed E-state index contributed by atoms with van der Waals surface area (Å²) in [7, 11) is 0. The van der Waals surface area contributed by atoms with E-state index in [0.29, 0.717) is 5.56 Å². The fourth-order valence-corrected chi connectivity index (χ4v) is 2.90. The minimum atomic E-state index is -1.39. The van der Waals surface area contributed by atoms with Crippen LogP contribution in [0.4, 0.5) is 4.39 Å². The Labute approximate surface area is 122 Å². The van der Waals surface area contributed by atoms with Crippen molar-refractivity contribution in [3.05, 3.63) is 68.4 Å². The van der Waals surface area contributed by atoms with E-state index in [1.54, 1.807) is 25.1 Å². The predicted octanol–water partition coefficient (Wildman–Crippen LogP) is 4.61. The predicted molar refractivity (Wildman–Crippen MR) is 76.9 cm³/mol. The van der Waals surface area contributed by atoms with Crippen molar-refractivity contribution in [3.8, 4) is 0 Å². The number of halogens is 3. The van der Waals surface area contributed by atoms with Crippen molar-refractivity contribution in [2.75, 3.05) is 0 Å². The van der Waals surface area contributed by atoms with Crippen LogP contribution in [-0.4, -0.2) is 5.11 Å². The van der Waals surface area contributed by atoms with Crippen LogP contribution in [-0.2, 0) is 5.60 Å². The molecular formula is C14H11Br2FO. The third-order valence-corrected chi connectivity index (χ3v) is 4.04. The van der Waals surface area contributed by atoms with E-state index < -0.39 is 11.4 Å². The van der Waals surface area contributed by atoms with Crippen molar-refractivity contribution in [1.29, 1.82) is 0 Å². The molecule has 0 spiro atoms. The van der Waals surface area contributed by atoms with E-state index in [1.807, 2.05) is 18.2 Å². The summed E-state index contributed by atoms with van der Waals surface area (Å²) in [6.07, 6.45) is 0. The van der Waals surface area contributed by atoms with E-state index in [9.17, 15) is 9.50 Å². The number of hydrogen-bond acceptors (Lipinski definition) is 1. The van der Waals surface area contributed by atoms with Crippen LogP contribution in [0.25, 0.3) is 0 Å². The van der Waals surface area contributed by atoms with Crippen LogP contribution >= 0.6 is 31.9 Å². The van der Waals surface area contributed by atoms with E-state index in [1.165, 1.54) is 6.07 Å². The quantitative estimate of drug-likeness (QED) is 0.815. The third-order valence-electron chi connectivity index (χ3n) is 2.85. The van der Waals surface area contributed by atoms with E-state index in [-0.39, 0.29) is 5.56 Å². The van der Waals surface area contributed by atoms with Gasteiger partial charge >= 0.3 is 0 Å². The van der Waals surface area contributed by atoms with Gasteiger partial charge in [-0.3, -0.25) is 0 Å². The monoisotopic (exact) mass is 372 g/mol. The molecule has 0 aromatic heterocycles. The fourth-order valence-electron chi connectivity index (χ4n) is 1.87. The Kier molecular flexibility index (Phi) is 3.90. The molecule has 2 aromatic rings. The Morgan fingerprint density at radius 1 is 1.06 bits per heavy atom. The van der Waals surface area contributed by atoms with Gasteiger partial charge < -0.3 is 5.11 Å². The Bertz CT molecular complexity index is 582. The first-order chi connectivity index (χ1) is 8.43. The highest BCUT2D eigenvalue weighted by Crippen LogP contribution is 2.36. The average molecular weight is 374 g/mol. The minimum Gasteiger partial charge on any atom is -0.381 e. The number of hydrogen-bond donors (Lipinski definition) is 1. The minimum absolute atomic E-state index is 0.240. The molecule has 2 rings (SSSR count). The highest BCUT2D eigenvalue weighted by molar-refractivity contribution is 9.10. The lowest BCUT2D eigenvalue weighted by atomic mass is 9.88. The molecule has 0 aliphatic rings. The molecule has 0 aliphatic carbocycles. The van der Waals surface area contributed by atoms with Gasteiger partial charge in [-0.2, -0.15) is 0 Å². The number of rotatable bonds is 2. The highest BCUT2D eigenvalue weighted by atomic mass is 79.9. The van der Waals surface area contributed by atoms with Crippen LogP contribution in [0.15, 0.2) is 51.4 Å². The molecule has 0 heterocycles. The van der Waals surface area contributed by atoms with Gasteiger partial charge in [0, 0.05) is 20.1 Å². The molecule has 1 atom stereocenters. The van der Waals surface area contributed by atoms with Crippen LogP contribution < -0.4 is 0 Å². The first-order valence-corrected chi connectivity index (χ1v) is 6.94. The Morgan fingerprint density at radius 3 is 2.39 bits per heavy atom. The van der Waals surface area contributed by atoms with Crippen molar-refractivity contribution in [2.24, 2.45) is 0 Å². The second-order valence-corrected chi connectivity index (χ2v) is 5.95.